The Labute approximate surface area is 109 Å². The van der Waals surface area contributed by atoms with Gasteiger partial charge in [0.05, 0.1) is 13.7 Å². The van der Waals surface area contributed by atoms with Crippen molar-refractivity contribution < 1.29 is 9.53 Å². The van der Waals surface area contributed by atoms with E-state index in [4.69, 9.17) is 10.5 Å². The van der Waals surface area contributed by atoms with Crippen molar-refractivity contribution >= 4 is 5.91 Å². The monoisotopic (exact) mass is 250 g/mol. The number of nitrogens with zero attached hydrogens (tertiary/aromatic N) is 1. The number of amides is 1. The van der Waals surface area contributed by atoms with E-state index < -0.39 is 0 Å². The molecule has 1 aromatic rings. The highest BCUT2D eigenvalue weighted by Gasteiger charge is 2.09. The summed E-state index contributed by atoms with van der Waals surface area (Å²) in [4.78, 5) is 13.0. The molecule has 0 heterocycles. The molecule has 0 spiro atoms. The standard InChI is InChI=1S/C14H22N2O2/c1-10-11(2)13(18-4)6-5-12(10)7-8-16(3)14(17)9-15/h5-6H,7-9,15H2,1-4H3. The molecule has 0 unspecified atom stereocenters. The fraction of sp³-hybridized carbons (Fsp3) is 0.500. The number of hydrogen-bond donors (Lipinski definition) is 1. The lowest BCUT2D eigenvalue weighted by Crippen LogP contribution is -2.34. The molecule has 0 atom stereocenters. The molecule has 18 heavy (non-hydrogen) atoms. The maximum Gasteiger partial charge on any atom is 0.236 e. The average Bonchev–Trinajstić information content (AvgIpc) is 2.39. The van der Waals surface area contributed by atoms with E-state index in [1.54, 1.807) is 19.1 Å². The molecule has 0 aromatic heterocycles. The summed E-state index contributed by atoms with van der Waals surface area (Å²) >= 11 is 0. The molecule has 0 saturated carbocycles. The van der Waals surface area contributed by atoms with Crippen LogP contribution in [0, 0.1) is 13.8 Å². The Morgan fingerprint density at radius 1 is 1.33 bits per heavy atom. The van der Waals surface area contributed by atoms with Gasteiger partial charge in [0.1, 0.15) is 5.75 Å². The lowest BCUT2D eigenvalue weighted by atomic mass is 10.00. The summed E-state index contributed by atoms with van der Waals surface area (Å²) in [5.74, 6) is 0.875. The molecule has 4 nitrogen and oxygen atoms in total. The normalized spacial score (nSPS) is 10.3. The largest absolute Gasteiger partial charge is 0.496 e. The zero-order chi connectivity index (χ0) is 13.7. The summed E-state index contributed by atoms with van der Waals surface area (Å²) in [5.41, 5.74) is 8.95. The summed E-state index contributed by atoms with van der Waals surface area (Å²) in [6, 6.07) is 4.03. The molecule has 1 amide bonds. The van der Waals surface area contributed by atoms with E-state index in [2.05, 4.69) is 13.0 Å². The molecule has 0 bridgehead atoms. The number of methoxy groups -OCH3 is 1. The van der Waals surface area contributed by atoms with Gasteiger partial charge in [0.25, 0.3) is 0 Å². The lowest BCUT2D eigenvalue weighted by Gasteiger charge is -2.18. The van der Waals surface area contributed by atoms with Gasteiger partial charge in [-0.3, -0.25) is 4.79 Å². The Hall–Kier alpha value is -1.55. The van der Waals surface area contributed by atoms with Crippen molar-refractivity contribution in [2.75, 3.05) is 27.2 Å². The van der Waals surface area contributed by atoms with Gasteiger partial charge in [0.2, 0.25) is 5.91 Å². The van der Waals surface area contributed by atoms with E-state index in [0.717, 1.165) is 17.7 Å². The minimum atomic E-state index is -0.0297. The minimum absolute atomic E-state index is 0.0297. The zero-order valence-corrected chi connectivity index (χ0v) is 11.6. The van der Waals surface area contributed by atoms with Crippen molar-refractivity contribution in [1.82, 2.24) is 4.90 Å². The van der Waals surface area contributed by atoms with Gasteiger partial charge in [-0.15, -0.1) is 0 Å². The SMILES string of the molecule is COc1ccc(CCN(C)C(=O)CN)c(C)c1C. The first-order chi connectivity index (χ1) is 8.51. The zero-order valence-electron chi connectivity index (χ0n) is 11.6. The molecule has 0 fully saturated rings. The second-order valence-corrected chi connectivity index (χ2v) is 4.45. The molecule has 0 aliphatic rings. The first-order valence-electron chi connectivity index (χ1n) is 6.08. The highest BCUT2D eigenvalue weighted by Crippen LogP contribution is 2.24. The van der Waals surface area contributed by atoms with Crippen molar-refractivity contribution in [3.8, 4) is 5.75 Å². The van der Waals surface area contributed by atoms with E-state index in [1.165, 1.54) is 11.1 Å². The van der Waals surface area contributed by atoms with Crippen LogP contribution in [0.2, 0.25) is 0 Å². The number of benzene rings is 1. The first-order valence-corrected chi connectivity index (χ1v) is 6.08. The van der Waals surface area contributed by atoms with E-state index in [0.29, 0.717) is 6.54 Å². The van der Waals surface area contributed by atoms with Crippen LogP contribution in [0.3, 0.4) is 0 Å². The van der Waals surface area contributed by atoms with E-state index in [1.807, 2.05) is 13.0 Å². The summed E-state index contributed by atoms with van der Waals surface area (Å²) < 4.78 is 5.28. The van der Waals surface area contributed by atoms with Gasteiger partial charge in [-0.2, -0.15) is 0 Å². The summed E-state index contributed by atoms with van der Waals surface area (Å²) in [6.07, 6.45) is 0.832. The number of rotatable bonds is 5. The predicted molar refractivity (Wildman–Crippen MR) is 72.9 cm³/mol. The van der Waals surface area contributed by atoms with Crippen LogP contribution in [0.1, 0.15) is 16.7 Å². The molecule has 2 N–H and O–H groups in total. The van der Waals surface area contributed by atoms with Crippen LogP contribution in [0.5, 0.6) is 5.75 Å². The molecule has 0 aliphatic carbocycles. The van der Waals surface area contributed by atoms with Crippen LogP contribution in [-0.4, -0.2) is 38.1 Å². The number of hydrogen-bond acceptors (Lipinski definition) is 3. The molecular formula is C14H22N2O2. The fourth-order valence-electron chi connectivity index (χ4n) is 1.91. The Kier molecular flexibility index (Phi) is 5.16. The van der Waals surface area contributed by atoms with Gasteiger partial charge in [0.15, 0.2) is 0 Å². The Morgan fingerprint density at radius 3 is 2.56 bits per heavy atom. The second-order valence-electron chi connectivity index (χ2n) is 4.45. The average molecular weight is 250 g/mol. The van der Waals surface area contributed by atoms with Crippen LogP contribution in [0.4, 0.5) is 0 Å². The van der Waals surface area contributed by atoms with Crippen molar-refractivity contribution in [2.24, 2.45) is 5.73 Å². The topological polar surface area (TPSA) is 55.6 Å². The van der Waals surface area contributed by atoms with Crippen LogP contribution < -0.4 is 10.5 Å². The van der Waals surface area contributed by atoms with Gasteiger partial charge < -0.3 is 15.4 Å². The lowest BCUT2D eigenvalue weighted by molar-refractivity contribution is -0.128. The number of carbonyl (C=O) groups is 1. The molecule has 100 valence electrons. The van der Waals surface area contributed by atoms with Crippen molar-refractivity contribution in [2.45, 2.75) is 20.3 Å². The molecule has 0 aliphatic heterocycles. The molecule has 0 radical (unpaired) electrons. The second kappa shape index (κ2) is 6.40. The summed E-state index contributed by atoms with van der Waals surface area (Å²) in [6.45, 7) is 4.88. The van der Waals surface area contributed by atoms with Gasteiger partial charge in [0, 0.05) is 13.6 Å². The van der Waals surface area contributed by atoms with E-state index in [9.17, 15) is 4.79 Å². The Balaban J connectivity index is 2.74. The fourth-order valence-corrected chi connectivity index (χ4v) is 1.91. The third-order valence-corrected chi connectivity index (χ3v) is 3.39. The Bertz CT molecular complexity index is 430. The number of ether oxygens (including phenoxy) is 1. The van der Waals surface area contributed by atoms with Crippen molar-refractivity contribution in [3.63, 3.8) is 0 Å². The van der Waals surface area contributed by atoms with Crippen molar-refractivity contribution in [3.05, 3.63) is 28.8 Å². The van der Waals surface area contributed by atoms with Crippen molar-refractivity contribution in [1.29, 1.82) is 0 Å². The maximum absolute atomic E-state index is 11.4. The molecular weight excluding hydrogens is 228 g/mol. The van der Waals surface area contributed by atoms with E-state index in [-0.39, 0.29) is 12.5 Å². The third kappa shape index (κ3) is 3.23. The quantitative estimate of drug-likeness (QED) is 0.856. The molecule has 1 aromatic carbocycles. The summed E-state index contributed by atoms with van der Waals surface area (Å²) in [7, 11) is 3.45. The number of likely N-dealkylation sites (N-methyl/N-ethyl adjacent to an activating group) is 1. The molecule has 1 rings (SSSR count). The molecule has 0 saturated heterocycles. The van der Waals surface area contributed by atoms with Gasteiger partial charge in [-0.1, -0.05) is 6.07 Å². The van der Waals surface area contributed by atoms with E-state index >= 15 is 0 Å². The number of carbonyl (C=O) groups excluding carboxylic acids is 1. The smallest absolute Gasteiger partial charge is 0.236 e. The van der Waals surface area contributed by atoms with Crippen LogP contribution in [0.25, 0.3) is 0 Å². The van der Waals surface area contributed by atoms with Crippen LogP contribution in [0.15, 0.2) is 12.1 Å². The van der Waals surface area contributed by atoms with Gasteiger partial charge in [-0.05, 0) is 43.0 Å². The maximum atomic E-state index is 11.4. The van der Waals surface area contributed by atoms with Crippen LogP contribution >= 0.6 is 0 Å². The Morgan fingerprint density at radius 2 is 2.00 bits per heavy atom. The minimum Gasteiger partial charge on any atom is -0.496 e. The molecule has 4 heteroatoms. The summed E-state index contributed by atoms with van der Waals surface area (Å²) in [5, 5.41) is 0. The third-order valence-electron chi connectivity index (χ3n) is 3.39. The highest BCUT2D eigenvalue weighted by molar-refractivity contribution is 5.77. The first kappa shape index (κ1) is 14.5. The highest BCUT2D eigenvalue weighted by atomic mass is 16.5. The number of nitrogens with two attached hydrogens (primary N) is 1. The van der Waals surface area contributed by atoms with Crippen LogP contribution in [-0.2, 0) is 11.2 Å². The van der Waals surface area contributed by atoms with Gasteiger partial charge >= 0.3 is 0 Å². The predicted octanol–water partition coefficient (Wildman–Crippen LogP) is 1.27. The van der Waals surface area contributed by atoms with Gasteiger partial charge in [-0.25, -0.2) is 0 Å².